The van der Waals surface area contributed by atoms with Crippen molar-refractivity contribution in [3.63, 3.8) is 0 Å². The molecule has 1 unspecified atom stereocenters. The van der Waals surface area contributed by atoms with Gasteiger partial charge in [0.1, 0.15) is 0 Å². The molecule has 1 aliphatic heterocycles. The molecule has 1 amide bonds. The van der Waals surface area contributed by atoms with Crippen molar-refractivity contribution in [1.29, 1.82) is 0 Å². The van der Waals surface area contributed by atoms with E-state index in [1.165, 1.54) is 36.3 Å². The Bertz CT molecular complexity index is 698. The molecule has 1 atom stereocenters. The number of hydrogen-bond acceptors (Lipinski definition) is 4. The van der Waals surface area contributed by atoms with Crippen LogP contribution in [0.15, 0.2) is 41.8 Å². The standard InChI is InChI=1S/C18H21N3OS2/c1-13-5-2-3-11-21(13)15-9-7-14(8-10-15)19-18(23)20-17(22)16-6-4-12-24-16/h4,6-10,12-13H,2-3,5,11H2,1H3,(H2,19,20,22,23). The molecule has 126 valence electrons. The summed E-state index contributed by atoms with van der Waals surface area (Å²) in [6.45, 7) is 3.39. The monoisotopic (exact) mass is 359 g/mol. The Morgan fingerprint density at radius 2 is 2.04 bits per heavy atom. The summed E-state index contributed by atoms with van der Waals surface area (Å²) in [5.74, 6) is -0.179. The maximum absolute atomic E-state index is 12.0. The molecule has 0 bridgehead atoms. The second kappa shape index (κ2) is 7.77. The molecule has 2 N–H and O–H groups in total. The summed E-state index contributed by atoms with van der Waals surface area (Å²) in [5.41, 5.74) is 2.11. The number of anilines is 2. The van der Waals surface area contributed by atoms with Crippen molar-refractivity contribution < 1.29 is 4.79 Å². The van der Waals surface area contributed by atoms with Gasteiger partial charge in [0.15, 0.2) is 5.11 Å². The number of nitrogens with one attached hydrogen (secondary N) is 2. The predicted octanol–water partition coefficient (Wildman–Crippen LogP) is 4.25. The zero-order chi connectivity index (χ0) is 16.9. The number of piperidine rings is 1. The Hall–Kier alpha value is -1.92. The Kier molecular flexibility index (Phi) is 5.48. The highest BCUT2D eigenvalue weighted by atomic mass is 32.1. The summed E-state index contributed by atoms with van der Waals surface area (Å²) in [7, 11) is 0. The van der Waals surface area contributed by atoms with Crippen LogP contribution in [-0.4, -0.2) is 23.6 Å². The molecule has 1 saturated heterocycles. The van der Waals surface area contributed by atoms with Crippen LogP contribution in [0, 0.1) is 0 Å². The molecule has 4 nitrogen and oxygen atoms in total. The van der Waals surface area contributed by atoms with Crippen molar-refractivity contribution in [3.8, 4) is 0 Å². The van der Waals surface area contributed by atoms with Crippen LogP contribution in [0.4, 0.5) is 11.4 Å². The predicted molar refractivity (Wildman–Crippen MR) is 105 cm³/mol. The summed E-state index contributed by atoms with van der Waals surface area (Å²) in [6, 6.07) is 12.4. The molecule has 0 radical (unpaired) electrons. The second-order valence-corrected chi connectivity index (χ2v) is 7.33. The van der Waals surface area contributed by atoms with Gasteiger partial charge >= 0.3 is 0 Å². The van der Waals surface area contributed by atoms with E-state index in [1.807, 2.05) is 23.6 Å². The van der Waals surface area contributed by atoms with Gasteiger partial charge in [-0.3, -0.25) is 10.1 Å². The Morgan fingerprint density at radius 3 is 2.71 bits per heavy atom. The van der Waals surface area contributed by atoms with Crippen molar-refractivity contribution in [2.24, 2.45) is 0 Å². The first kappa shape index (κ1) is 16.9. The molecule has 1 aromatic heterocycles. The molecule has 6 heteroatoms. The molecule has 3 rings (SSSR count). The molecule has 1 fully saturated rings. The fourth-order valence-corrected chi connectivity index (χ4v) is 3.78. The minimum Gasteiger partial charge on any atom is -0.369 e. The SMILES string of the molecule is CC1CCCCN1c1ccc(NC(=S)NC(=O)c2cccs2)cc1. The van der Waals surface area contributed by atoms with Crippen LogP contribution in [0.5, 0.6) is 0 Å². The number of carbonyl (C=O) groups is 1. The van der Waals surface area contributed by atoms with E-state index < -0.39 is 0 Å². The molecule has 1 aromatic carbocycles. The van der Waals surface area contributed by atoms with Gasteiger partial charge in [0.2, 0.25) is 0 Å². The van der Waals surface area contributed by atoms with Crippen LogP contribution >= 0.6 is 23.6 Å². The highest BCUT2D eigenvalue weighted by Gasteiger charge is 2.18. The Balaban J connectivity index is 1.57. The number of thiocarbonyl (C=S) groups is 1. The molecule has 0 aliphatic carbocycles. The first-order valence-corrected chi connectivity index (χ1v) is 9.45. The zero-order valence-electron chi connectivity index (χ0n) is 13.6. The van der Waals surface area contributed by atoms with E-state index in [-0.39, 0.29) is 5.91 Å². The lowest BCUT2D eigenvalue weighted by molar-refractivity contribution is 0.0981. The Morgan fingerprint density at radius 1 is 1.25 bits per heavy atom. The van der Waals surface area contributed by atoms with Crippen molar-refractivity contribution in [3.05, 3.63) is 46.7 Å². The van der Waals surface area contributed by atoms with Crippen molar-refractivity contribution in [2.45, 2.75) is 32.2 Å². The lowest BCUT2D eigenvalue weighted by Crippen LogP contribution is -2.37. The first-order valence-electron chi connectivity index (χ1n) is 8.16. The third-order valence-electron chi connectivity index (χ3n) is 4.23. The highest BCUT2D eigenvalue weighted by Crippen LogP contribution is 2.25. The number of benzene rings is 1. The van der Waals surface area contributed by atoms with E-state index in [2.05, 4.69) is 34.6 Å². The van der Waals surface area contributed by atoms with Gasteiger partial charge in [-0.1, -0.05) is 6.07 Å². The smallest absolute Gasteiger partial charge is 0.267 e. The van der Waals surface area contributed by atoms with Crippen LogP contribution in [0.25, 0.3) is 0 Å². The van der Waals surface area contributed by atoms with E-state index in [9.17, 15) is 4.79 Å². The van der Waals surface area contributed by atoms with Crippen LogP contribution in [-0.2, 0) is 0 Å². The van der Waals surface area contributed by atoms with Crippen LogP contribution in [0.3, 0.4) is 0 Å². The molecule has 1 aliphatic rings. The number of thiophene rings is 1. The molecule has 0 spiro atoms. The van der Waals surface area contributed by atoms with E-state index in [0.29, 0.717) is 16.0 Å². The van der Waals surface area contributed by atoms with Gasteiger partial charge in [0.25, 0.3) is 5.91 Å². The van der Waals surface area contributed by atoms with Gasteiger partial charge in [0, 0.05) is 24.0 Å². The van der Waals surface area contributed by atoms with Gasteiger partial charge < -0.3 is 10.2 Å². The molecule has 2 aromatic rings. The number of nitrogens with zero attached hydrogens (tertiary/aromatic N) is 1. The molecular weight excluding hydrogens is 338 g/mol. The normalized spacial score (nSPS) is 17.4. The fourth-order valence-electron chi connectivity index (χ4n) is 2.95. The summed E-state index contributed by atoms with van der Waals surface area (Å²) < 4.78 is 0. The lowest BCUT2D eigenvalue weighted by atomic mass is 10.0. The van der Waals surface area contributed by atoms with Gasteiger partial charge in [-0.05, 0) is 74.1 Å². The number of amides is 1. The maximum atomic E-state index is 12.0. The number of rotatable bonds is 3. The molecule has 0 saturated carbocycles. The molecule has 2 heterocycles. The largest absolute Gasteiger partial charge is 0.369 e. The molecular formula is C18H21N3OS2. The van der Waals surface area contributed by atoms with Crippen molar-refractivity contribution in [1.82, 2.24) is 5.32 Å². The van der Waals surface area contributed by atoms with Gasteiger partial charge in [0.05, 0.1) is 4.88 Å². The summed E-state index contributed by atoms with van der Waals surface area (Å²) >= 11 is 6.61. The van der Waals surface area contributed by atoms with Crippen LogP contribution in [0.2, 0.25) is 0 Å². The lowest BCUT2D eigenvalue weighted by Gasteiger charge is -2.35. The van der Waals surface area contributed by atoms with E-state index in [0.717, 1.165) is 12.2 Å². The summed E-state index contributed by atoms with van der Waals surface area (Å²) in [4.78, 5) is 15.1. The maximum Gasteiger partial charge on any atom is 0.267 e. The summed E-state index contributed by atoms with van der Waals surface area (Å²) in [5, 5.41) is 7.94. The van der Waals surface area contributed by atoms with E-state index in [4.69, 9.17) is 12.2 Å². The zero-order valence-corrected chi connectivity index (χ0v) is 15.3. The summed E-state index contributed by atoms with van der Waals surface area (Å²) in [6.07, 6.45) is 3.82. The number of hydrogen-bond donors (Lipinski definition) is 2. The minimum atomic E-state index is -0.179. The Labute approximate surface area is 151 Å². The van der Waals surface area contributed by atoms with E-state index >= 15 is 0 Å². The van der Waals surface area contributed by atoms with Gasteiger partial charge in [-0.2, -0.15) is 0 Å². The first-order chi connectivity index (χ1) is 11.6. The number of carbonyl (C=O) groups excluding carboxylic acids is 1. The third kappa shape index (κ3) is 4.13. The topological polar surface area (TPSA) is 44.4 Å². The third-order valence-corrected chi connectivity index (χ3v) is 5.30. The second-order valence-electron chi connectivity index (χ2n) is 5.97. The molecule has 24 heavy (non-hydrogen) atoms. The average Bonchev–Trinajstić information content (AvgIpc) is 3.11. The average molecular weight is 360 g/mol. The van der Waals surface area contributed by atoms with Gasteiger partial charge in [-0.25, -0.2) is 0 Å². The van der Waals surface area contributed by atoms with Crippen molar-refractivity contribution in [2.75, 3.05) is 16.8 Å². The minimum absolute atomic E-state index is 0.179. The van der Waals surface area contributed by atoms with Crippen molar-refractivity contribution >= 4 is 45.9 Å². The quantitative estimate of drug-likeness (QED) is 0.804. The van der Waals surface area contributed by atoms with Crippen LogP contribution < -0.4 is 15.5 Å². The van der Waals surface area contributed by atoms with E-state index in [1.54, 1.807) is 6.07 Å². The fraction of sp³-hybridized carbons (Fsp3) is 0.333. The van der Waals surface area contributed by atoms with Crippen LogP contribution in [0.1, 0.15) is 35.9 Å². The van der Waals surface area contributed by atoms with Gasteiger partial charge in [-0.15, -0.1) is 11.3 Å². The highest BCUT2D eigenvalue weighted by molar-refractivity contribution is 7.80.